The minimum Gasteiger partial charge on any atom is -0.491 e. The van der Waals surface area contributed by atoms with Crippen LogP contribution in [0.15, 0.2) is 53.9 Å². The lowest BCUT2D eigenvalue weighted by atomic mass is 10.00. The molecule has 5 rings (SSSR count). The van der Waals surface area contributed by atoms with Gasteiger partial charge < -0.3 is 24.0 Å². The Morgan fingerprint density at radius 1 is 1.11 bits per heavy atom. The fourth-order valence-corrected chi connectivity index (χ4v) is 5.75. The highest BCUT2D eigenvalue weighted by atomic mass is 32.1. The molecule has 2 amide bonds. The van der Waals surface area contributed by atoms with E-state index in [1.807, 2.05) is 36.1 Å². The third kappa shape index (κ3) is 5.80. The predicted octanol–water partition coefficient (Wildman–Crippen LogP) is 5.48. The molecule has 2 aromatic carbocycles. The van der Waals surface area contributed by atoms with Gasteiger partial charge in [0.05, 0.1) is 6.04 Å². The van der Waals surface area contributed by atoms with Crippen molar-refractivity contribution in [1.82, 2.24) is 9.80 Å². The molecule has 0 aliphatic carbocycles. The molecular formula is C30H34N2O5S. The summed E-state index contributed by atoms with van der Waals surface area (Å²) in [5.74, 6) is 2.11. The molecular weight excluding hydrogens is 500 g/mol. The van der Waals surface area contributed by atoms with Gasteiger partial charge in [0.2, 0.25) is 12.7 Å². The van der Waals surface area contributed by atoms with Gasteiger partial charge in [0.15, 0.2) is 11.5 Å². The molecule has 3 heterocycles. The van der Waals surface area contributed by atoms with Crippen molar-refractivity contribution < 1.29 is 23.8 Å². The number of amides is 2. The predicted molar refractivity (Wildman–Crippen MR) is 147 cm³/mol. The van der Waals surface area contributed by atoms with E-state index in [1.165, 1.54) is 10.4 Å². The van der Waals surface area contributed by atoms with Crippen LogP contribution in [0.25, 0.3) is 0 Å². The van der Waals surface area contributed by atoms with Gasteiger partial charge in [0.25, 0.3) is 5.91 Å². The molecule has 1 aromatic heterocycles. The summed E-state index contributed by atoms with van der Waals surface area (Å²) in [6, 6.07) is 15.0. The van der Waals surface area contributed by atoms with E-state index in [4.69, 9.17) is 14.2 Å². The monoisotopic (exact) mass is 534 g/mol. The van der Waals surface area contributed by atoms with Crippen molar-refractivity contribution in [2.75, 3.05) is 33.0 Å². The highest BCUT2D eigenvalue weighted by molar-refractivity contribution is 7.10. The molecule has 1 atom stereocenters. The number of aryl methyl sites for hydroxylation is 1. The number of hydrogen-bond donors (Lipinski definition) is 0. The van der Waals surface area contributed by atoms with E-state index in [0.717, 1.165) is 24.2 Å². The lowest BCUT2D eigenvalue weighted by Gasteiger charge is -2.37. The molecule has 0 fully saturated rings. The van der Waals surface area contributed by atoms with E-state index in [1.54, 1.807) is 34.4 Å². The van der Waals surface area contributed by atoms with Crippen molar-refractivity contribution in [3.63, 3.8) is 0 Å². The number of nitrogens with zero attached hydrogens (tertiary/aromatic N) is 2. The summed E-state index contributed by atoms with van der Waals surface area (Å²) in [4.78, 5) is 32.2. The van der Waals surface area contributed by atoms with Crippen molar-refractivity contribution in [3.05, 3.63) is 75.5 Å². The van der Waals surface area contributed by atoms with Crippen LogP contribution in [-0.2, 0) is 11.2 Å². The van der Waals surface area contributed by atoms with Crippen LogP contribution < -0.4 is 14.2 Å². The number of rotatable bonds is 9. The Kier molecular flexibility index (Phi) is 7.88. The van der Waals surface area contributed by atoms with Crippen LogP contribution in [-0.4, -0.2) is 54.6 Å². The molecule has 2 aliphatic rings. The van der Waals surface area contributed by atoms with E-state index in [0.29, 0.717) is 42.7 Å². The number of carbonyl (C=O) groups excluding carboxylic acids is 2. The van der Waals surface area contributed by atoms with Gasteiger partial charge in [-0.1, -0.05) is 31.5 Å². The first-order valence-electron chi connectivity index (χ1n) is 13.1. The Morgan fingerprint density at radius 3 is 2.68 bits per heavy atom. The maximum atomic E-state index is 13.8. The zero-order chi connectivity index (χ0) is 26.6. The van der Waals surface area contributed by atoms with Crippen LogP contribution in [0.1, 0.15) is 52.7 Å². The minimum absolute atomic E-state index is 0.0144. The Hall–Kier alpha value is -3.52. The number of thiophene rings is 1. The molecule has 38 heavy (non-hydrogen) atoms. The molecule has 0 unspecified atom stereocenters. The quantitative estimate of drug-likeness (QED) is 0.364. The number of ether oxygens (including phenoxy) is 3. The van der Waals surface area contributed by atoms with Gasteiger partial charge in [-0.15, -0.1) is 11.3 Å². The van der Waals surface area contributed by atoms with E-state index in [2.05, 4.69) is 25.3 Å². The third-order valence-corrected chi connectivity index (χ3v) is 8.05. The van der Waals surface area contributed by atoms with Crippen LogP contribution in [0.3, 0.4) is 0 Å². The van der Waals surface area contributed by atoms with E-state index < -0.39 is 0 Å². The summed E-state index contributed by atoms with van der Waals surface area (Å²) in [5.41, 5.74) is 2.79. The summed E-state index contributed by atoms with van der Waals surface area (Å²) in [7, 11) is 0. The van der Waals surface area contributed by atoms with Gasteiger partial charge in [0, 0.05) is 23.5 Å². The van der Waals surface area contributed by atoms with Crippen LogP contribution in [0.5, 0.6) is 17.2 Å². The van der Waals surface area contributed by atoms with E-state index >= 15 is 0 Å². The zero-order valence-electron chi connectivity index (χ0n) is 22.1. The largest absolute Gasteiger partial charge is 0.491 e. The molecule has 0 bridgehead atoms. The second-order valence-corrected chi connectivity index (χ2v) is 11.3. The lowest BCUT2D eigenvalue weighted by Crippen LogP contribution is -2.48. The first-order valence-corrected chi connectivity index (χ1v) is 14.0. The van der Waals surface area contributed by atoms with E-state index in [-0.39, 0.29) is 31.2 Å². The van der Waals surface area contributed by atoms with Gasteiger partial charge in [-0.3, -0.25) is 9.59 Å². The third-order valence-electron chi connectivity index (χ3n) is 7.05. The van der Waals surface area contributed by atoms with Crippen molar-refractivity contribution >= 4 is 23.2 Å². The highest BCUT2D eigenvalue weighted by Gasteiger charge is 2.34. The standard InChI is InChI=1S/C30H34N2O5S/c1-20(2)10-13-31(30(34)22-6-9-26-27(16-22)37-19-36-26)17-29(33)32-14-11-28-24(12-15-38-28)25(32)18-35-23-7-4-21(3)5-8-23/h4-9,12,15-16,20,25H,10-11,13-14,17-19H2,1-3H3/t25-/m0/s1. The SMILES string of the molecule is Cc1ccc(OC[C@H]2c3ccsc3CCN2C(=O)CN(CCC(C)C)C(=O)c2ccc3c(c2)OCO3)cc1. The molecule has 0 spiro atoms. The van der Waals surface area contributed by atoms with Crippen molar-refractivity contribution in [3.8, 4) is 17.2 Å². The molecule has 0 saturated carbocycles. The molecule has 7 nitrogen and oxygen atoms in total. The maximum absolute atomic E-state index is 13.8. The Labute approximate surface area is 227 Å². The Balaban J connectivity index is 1.34. The summed E-state index contributed by atoms with van der Waals surface area (Å²) >= 11 is 1.72. The van der Waals surface area contributed by atoms with Crippen molar-refractivity contribution in [1.29, 1.82) is 0 Å². The topological polar surface area (TPSA) is 68.3 Å². The van der Waals surface area contributed by atoms with Crippen LogP contribution >= 0.6 is 11.3 Å². The first-order chi connectivity index (χ1) is 18.4. The molecule has 0 radical (unpaired) electrons. The Bertz CT molecular complexity index is 1290. The summed E-state index contributed by atoms with van der Waals surface area (Å²) < 4.78 is 17.0. The van der Waals surface area contributed by atoms with Gasteiger partial charge in [-0.05, 0) is 73.0 Å². The van der Waals surface area contributed by atoms with Crippen LogP contribution in [0, 0.1) is 12.8 Å². The molecule has 0 N–H and O–H groups in total. The highest BCUT2D eigenvalue weighted by Crippen LogP contribution is 2.35. The van der Waals surface area contributed by atoms with Gasteiger partial charge in [-0.2, -0.15) is 0 Å². The second-order valence-electron chi connectivity index (χ2n) is 10.3. The minimum atomic E-state index is -0.202. The number of hydrogen-bond acceptors (Lipinski definition) is 6. The second kappa shape index (κ2) is 11.5. The van der Waals surface area contributed by atoms with Gasteiger partial charge in [-0.25, -0.2) is 0 Å². The van der Waals surface area contributed by atoms with Gasteiger partial charge >= 0.3 is 0 Å². The molecule has 200 valence electrons. The average molecular weight is 535 g/mol. The van der Waals surface area contributed by atoms with Crippen molar-refractivity contribution in [2.24, 2.45) is 5.92 Å². The van der Waals surface area contributed by atoms with Crippen LogP contribution in [0.2, 0.25) is 0 Å². The van der Waals surface area contributed by atoms with Gasteiger partial charge in [0.1, 0.15) is 18.9 Å². The fraction of sp³-hybridized carbons (Fsp3) is 0.400. The van der Waals surface area contributed by atoms with E-state index in [9.17, 15) is 9.59 Å². The first kappa shape index (κ1) is 26.1. The fourth-order valence-electron chi connectivity index (χ4n) is 4.82. The maximum Gasteiger partial charge on any atom is 0.254 e. The molecule has 2 aliphatic heterocycles. The smallest absolute Gasteiger partial charge is 0.254 e. The number of benzene rings is 2. The summed E-state index contributed by atoms with van der Waals surface area (Å²) in [5, 5.41) is 2.08. The Morgan fingerprint density at radius 2 is 1.89 bits per heavy atom. The van der Waals surface area contributed by atoms with Crippen LogP contribution in [0.4, 0.5) is 0 Å². The van der Waals surface area contributed by atoms with Crippen molar-refractivity contribution in [2.45, 2.75) is 39.7 Å². The number of carbonyl (C=O) groups is 2. The normalized spacial score (nSPS) is 15.9. The summed E-state index contributed by atoms with van der Waals surface area (Å²) in [6.45, 7) is 7.90. The molecule has 8 heteroatoms. The number of fused-ring (bicyclic) bond motifs is 2. The summed E-state index contributed by atoms with van der Waals surface area (Å²) in [6.07, 6.45) is 1.61. The zero-order valence-corrected chi connectivity index (χ0v) is 23.0. The average Bonchev–Trinajstić information content (AvgIpc) is 3.59. The molecule has 0 saturated heterocycles. The molecule has 3 aromatic rings. The lowest BCUT2D eigenvalue weighted by molar-refractivity contribution is -0.135.